The van der Waals surface area contributed by atoms with E-state index in [0.717, 1.165) is 18.4 Å². The number of carboxylic acid groups (broad SMARTS) is 1. The van der Waals surface area contributed by atoms with E-state index in [0.29, 0.717) is 18.3 Å². The van der Waals surface area contributed by atoms with Crippen molar-refractivity contribution in [3.05, 3.63) is 29.3 Å². The lowest BCUT2D eigenvalue weighted by Crippen LogP contribution is -2.03. The summed E-state index contributed by atoms with van der Waals surface area (Å²) >= 11 is 0. The molecule has 0 heterocycles. The Bertz CT molecular complexity index is 383. The first kappa shape index (κ1) is 13.6. The summed E-state index contributed by atoms with van der Waals surface area (Å²) in [6.07, 6.45) is 2.12. The maximum atomic E-state index is 10.8. The molecule has 0 saturated carbocycles. The third-order valence-corrected chi connectivity index (χ3v) is 2.62. The summed E-state index contributed by atoms with van der Waals surface area (Å²) in [5.74, 6) is 0.427. The Morgan fingerprint density at radius 1 is 1.41 bits per heavy atom. The lowest BCUT2D eigenvalue weighted by Gasteiger charge is -2.10. The minimum absolute atomic E-state index is 0.273. The van der Waals surface area contributed by atoms with Crippen molar-refractivity contribution in [2.45, 2.75) is 33.6 Å². The Kier molecular flexibility index (Phi) is 5.01. The fourth-order valence-corrected chi connectivity index (χ4v) is 1.56. The fraction of sp³-hybridized carbons (Fsp3) is 0.500. The van der Waals surface area contributed by atoms with Crippen LogP contribution in [-0.2, 0) is 0 Å². The van der Waals surface area contributed by atoms with Gasteiger partial charge in [0.15, 0.2) is 0 Å². The van der Waals surface area contributed by atoms with Crippen LogP contribution in [0.3, 0.4) is 0 Å². The van der Waals surface area contributed by atoms with Gasteiger partial charge in [0.05, 0.1) is 12.2 Å². The molecule has 0 atom stereocenters. The zero-order chi connectivity index (χ0) is 12.8. The molecule has 0 radical (unpaired) electrons. The van der Waals surface area contributed by atoms with Crippen molar-refractivity contribution in [3.8, 4) is 5.75 Å². The van der Waals surface area contributed by atoms with Crippen LogP contribution in [0.15, 0.2) is 18.2 Å². The third-order valence-electron chi connectivity index (χ3n) is 2.62. The van der Waals surface area contributed by atoms with Crippen LogP contribution >= 0.6 is 0 Å². The molecule has 0 aliphatic carbocycles. The summed E-state index contributed by atoms with van der Waals surface area (Å²) in [6, 6.07) is 4.97. The number of aromatic carboxylic acids is 1. The van der Waals surface area contributed by atoms with E-state index < -0.39 is 5.97 Å². The SMILES string of the molecule is Cc1ccc(C(=O)O)cc1OCCCC(C)C. The molecule has 0 aliphatic heterocycles. The van der Waals surface area contributed by atoms with Gasteiger partial charge >= 0.3 is 5.97 Å². The molecule has 1 aromatic carbocycles. The molecule has 0 saturated heterocycles. The van der Waals surface area contributed by atoms with Crippen LogP contribution in [0.4, 0.5) is 0 Å². The Hall–Kier alpha value is -1.51. The highest BCUT2D eigenvalue weighted by Gasteiger charge is 2.07. The van der Waals surface area contributed by atoms with Gasteiger partial charge in [0.25, 0.3) is 0 Å². The van der Waals surface area contributed by atoms with Crippen LogP contribution < -0.4 is 4.74 Å². The number of rotatable bonds is 6. The lowest BCUT2D eigenvalue weighted by atomic mass is 10.1. The van der Waals surface area contributed by atoms with Gasteiger partial charge in [-0.1, -0.05) is 19.9 Å². The standard InChI is InChI=1S/C14H20O3/c1-10(2)5-4-8-17-13-9-12(14(15)16)7-6-11(13)3/h6-7,9-10H,4-5,8H2,1-3H3,(H,15,16). The molecule has 1 rings (SSSR count). The first-order valence-electron chi connectivity index (χ1n) is 5.97. The van der Waals surface area contributed by atoms with Crippen molar-refractivity contribution >= 4 is 5.97 Å². The molecule has 0 aromatic heterocycles. The molecular weight excluding hydrogens is 216 g/mol. The van der Waals surface area contributed by atoms with E-state index in [4.69, 9.17) is 9.84 Å². The van der Waals surface area contributed by atoms with Crippen LogP contribution in [0.1, 0.15) is 42.6 Å². The summed E-state index contributed by atoms with van der Waals surface area (Å²) in [4.78, 5) is 10.8. The third kappa shape index (κ3) is 4.47. The molecule has 1 aromatic rings. The smallest absolute Gasteiger partial charge is 0.335 e. The highest BCUT2D eigenvalue weighted by Crippen LogP contribution is 2.20. The van der Waals surface area contributed by atoms with E-state index in [2.05, 4.69) is 13.8 Å². The summed E-state index contributed by atoms with van der Waals surface area (Å²) in [6.45, 7) is 6.91. The molecule has 0 spiro atoms. The minimum Gasteiger partial charge on any atom is -0.493 e. The molecule has 1 N–H and O–H groups in total. The molecule has 17 heavy (non-hydrogen) atoms. The number of hydrogen-bond acceptors (Lipinski definition) is 2. The minimum atomic E-state index is -0.919. The number of hydrogen-bond donors (Lipinski definition) is 1. The van der Waals surface area contributed by atoms with E-state index >= 15 is 0 Å². The van der Waals surface area contributed by atoms with Gasteiger partial charge < -0.3 is 9.84 Å². The van der Waals surface area contributed by atoms with E-state index in [-0.39, 0.29) is 5.56 Å². The summed E-state index contributed by atoms with van der Waals surface area (Å²) < 4.78 is 5.61. The van der Waals surface area contributed by atoms with Crippen LogP contribution in [0.5, 0.6) is 5.75 Å². The van der Waals surface area contributed by atoms with Crippen LogP contribution in [0.2, 0.25) is 0 Å². The van der Waals surface area contributed by atoms with E-state index in [1.54, 1.807) is 18.2 Å². The number of carbonyl (C=O) groups is 1. The van der Waals surface area contributed by atoms with Crippen molar-refractivity contribution < 1.29 is 14.6 Å². The molecule has 94 valence electrons. The maximum Gasteiger partial charge on any atom is 0.335 e. The zero-order valence-electron chi connectivity index (χ0n) is 10.7. The van der Waals surface area contributed by atoms with Crippen molar-refractivity contribution in [2.24, 2.45) is 5.92 Å². The number of ether oxygens (including phenoxy) is 1. The van der Waals surface area contributed by atoms with Gasteiger partial charge in [-0.2, -0.15) is 0 Å². The summed E-state index contributed by atoms with van der Waals surface area (Å²) in [5, 5.41) is 8.89. The summed E-state index contributed by atoms with van der Waals surface area (Å²) in [5.41, 5.74) is 1.24. The van der Waals surface area contributed by atoms with Gasteiger partial charge in [0, 0.05) is 0 Å². The molecule has 0 bridgehead atoms. The number of carboxylic acids is 1. The molecule has 0 fully saturated rings. The first-order chi connectivity index (χ1) is 8.00. The van der Waals surface area contributed by atoms with E-state index in [1.807, 2.05) is 6.92 Å². The van der Waals surface area contributed by atoms with E-state index in [1.165, 1.54) is 0 Å². The average Bonchev–Trinajstić information content (AvgIpc) is 2.25. The van der Waals surface area contributed by atoms with Crippen molar-refractivity contribution in [1.29, 1.82) is 0 Å². The average molecular weight is 236 g/mol. The Morgan fingerprint density at radius 3 is 2.71 bits per heavy atom. The maximum absolute atomic E-state index is 10.8. The topological polar surface area (TPSA) is 46.5 Å². The van der Waals surface area contributed by atoms with E-state index in [9.17, 15) is 4.79 Å². The van der Waals surface area contributed by atoms with Gasteiger partial charge in [-0.25, -0.2) is 4.79 Å². The molecule has 0 aliphatic rings. The predicted molar refractivity (Wildman–Crippen MR) is 67.7 cm³/mol. The van der Waals surface area contributed by atoms with Crippen LogP contribution in [0.25, 0.3) is 0 Å². The molecule has 0 amide bonds. The number of aryl methyl sites for hydroxylation is 1. The quantitative estimate of drug-likeness (QED) is 0.769. The monoisotopic (exact) mass is 236 g/mol. The van der Waals surface area contributed by atoms with Crippen molar-refractivity contribution in [3.63, 3.8) is 0 Å². The Labute approximate surface area is 102 Å². The van der Waals surface area contributed by atoms with Gasteiger partial charge in [-0.05, 0) is 43.4 Å². The fourth-order valence-electron chi connectivity index (χ4n) is 1.56. The second kappa shape index (κ2) is 6.28. The summed E-state index contributed by atoms with van der Waals surface area (Å²) in [7, 11) is 0. The first-order valence-corrected chi connectivity index (χ1v) is 5.97. The van der Waals surface area contributed by atoms with Crippen LogP contribution in [-0.4, -0.2) is 17.7 Å². The number of benzene rings is 1. The van der Waals surface area contributed by atoms with Gasteiger partial charge in [-0.15, -0.1) is 0 Å². The van der Waals surface area contributed by atoms with Crippen molar-refractivity contribution in [2.75, 3.05) is 6.61 Å². The highest BCUT2D eigenvalue weighted by atomic mass is 16.5. The second-order valence-corrected chi connectivity index (χ2v) is 4.67. The Balaban J connectivity index is 2.57. The lowest BCUT2D eigenvalue weighted by molar-refractivity contribution is 0.0696. The highest BCUT2D eigenvalue weighted by molar-refractivity contribution is 5.88. The molecule has 0 unspecified atom stereocenters. The predicted octanol–water partition coefficient (Wildman–Crippen LogP) is 3.51. The largest absolute Gasteiger partial charge is 0.493 e. The van der Waals surface area contributed by atoms with Gasteiger partial charge in [0.2, 0.25) is 0 Å². The second-order valence-electron chi connectivity index (χ2n) is 4.67. The zero-order valence-corrected chi connectivity index (χ0v) is 10.7. The molecular formula is C14H20O3. The normalized spacial score (nSPS) is 10.6. The van der Waals surface area contributed by atoms with Gasteiger partial charge in [-0.3, -0.25) is 0 Å². The molecule has 3 heteroatoms. The molecule has 3 nitrogen and oxygen atoms in total. The van der Waals surface area contributed by atoms with Gasteiger partial charge in [0.1, 0.15) is 5.75 Å². The van der Waals surface area contributed by atoms with Crippen LogP contribution in [0, 0.1) is 12.8 Å². The van der Waals surface area contributed by atoms with Crippen molar-refractivity contribution in [1.82, 2.24) is 0 Å². The Morgan fingerprint density at radius 2 is 2.12 bits per heavy atom.